The quantitative estimate of drug-likeness (QED) is 0.778. The van der Waals surface area contributed by atoms with Crippen molar-refractivity contribution in [3.63, 3.8) is 0 Å². The highest BCUT2D eigenvalue weighted by Gasteiger charge is 2.30. The zero-order chi connectivity index (χ0) is 15.1. The number of hydrogen-bond donors (Lipinski definition) is 1. The molecule has 2 fully saturated rings. The summed E-state index contributed by atoms with van der Waals surface area (Å²) >= 11 is 0. The van der Waals surface area contributed by atoms with E-state index >= 15 is 0 Å². The van der Waals surface area contributed by atoms with Crippen molar-refractivity contribution in [1.82, 2.24) is 15.1 Å². The topological polar surface area (TPSA) is 18.5 Å². The molecule has 0 aliphatic carbocycles. The second-order valence-corrected chi connectivity index (χ2v) is 7.02. The third-order valence-electron chi connectivity index (χ3n) is 5.73. The first kappa shape index (κ1) is 17.2. The van der Waals surface area contributed by atoms with Crippen molar-refractivity contribution in [3.05, 3.63) is 0 Å². The van der Waals surface area contributed by atoms with Crippen LogP contribution in [-0.2, 0) is 0 Å². The predicted molar refractivity (Wildman–Crippen MR) is 91.9 cm³/mol. The van der Waals surface area contributed by atoms with Crippen molar-refractivity contribution in [1.29, 1.82) is 0 Å². The van der Waals surface area contributed by atoms with Gasteiger partial charge in [0, 0.05) is 18.1 Å². The molecule has 0 spiro atoms. The van der Waals surface area contributed by atoms with Gasteiger partial charge in [0.1, 0.15) is 0 Å². The van der Waals surface area contributed by atoms with Gasteiger partial charge in [-0.15, -0.1) is 0 Å². The smallest absolute Gasteiger partial charge is 0.0246 e. The standard InChI is InChI=1S/C18H37N3/c1-4-9-17(19-3)18(5-2)21-14-10-16(11-15-21)20-12-7-6-8-13-20/h16-19H,4-15H2,1-3H3. The number of nitrogens with zero attached hydrogens (tertiary/aromatic N) is 2. The first-order valence-electron chi connectivity index (χ1n) is 9.45. The van der Waals surface area contributed by atoms with Crippen LogP contribution in [0.2, 0.25) is 0 Å². The van der Waals surface area contributed by atoms with Crippen LogP contribution in [0, 0.1) is 0 Å². The number of hydrogen-bond acceptors (Lipinski definition) is 3. The fourth-order valence-corrected chi connectivity index (χ4v) is 4.50. The minimum atomic E-state index is 0.673. The molecule has 2 unspecified atom stereocenters. The fourth-order valence-electron chi connectivity index (χ4n) is 4.50. The highest BCUT2D eigenvalue weighted by atomic mass is 15.2. The zero-order valence-electron chi connectivity index (χ0n) is 14.6. The summed E-state index contributed by atoms with van der Waals surface area (Å²) in [6, 6.07) is 2.28. The van der Waals surface area contributed by atoms with E-state index < -0.39 is 0 Å². The van der Waals surface area contributed by atoms with Crippen molar-refractivity contribution in [2.45, 2.75) is 83.3 Å². The highest BCUT2D eigenvalue weighted by molar-refractivity contribution is 4.88. The van der Waals surface area contributed by atoms with Crippen LogP contribution in [0.1, 0.15) is 65.2 Å². The SMILES string of the molecule is CCCC(NC)C(CC)N1CCC(N2CCCCC2)CC1. The van der Waals surface area contributed by atoms with Gasteiger partial charge in [0.2, 0.25) is 0 Å². The Bertz CT molecular complexity index is 268. The summed E-state index contributed by atoms with van der Waals surface area (Å²) in [6.07, 6.45) is 11.0. The summed E-state index contributed by atoms with van der Waals surface area (Å²) in [4.78, 5) is 5.56. The van der Waals surface area contributed by atoms with Crippen molar-refractivity contribution >= 4 is 0 Å². The van der Waals surface area contributed by atoms with Gasteiger partial charge in [0.25, 0.3) is 0 Å². The van der Waals surface area contributed by atoms with E-state index in [-0.39, 0.29) is 0 Å². The maximum absolute atomic E-state index is 3.57. The van der Waals surface area contributed by atoms with Crippen LogP contribution in [0.5, 0.6) is 0 Å². The molecule has 2 saturated heterocycles. The Balaban J connectivity index is 1.83. The molecule has 0 aromatic carbocycles. The molecular formula is C18H37N3. The molecule has 0 radical (unpaired) electrons. The Morgan fingerprint density at radius 1 is 1.00 bits per heavy atom. The summed E-state index contributed by atoms with van der Waals surface area (Å²) in [5.41, 5.74) is 0. The lowest BCUT2D eigenvalue weighted by Gasteiger charge is -2.44. The van der Waals surface area contributed by atoms with Gasteiger partial charge in [-0.05, 0) is 71.8 Å². The molecule has 2 heterocycles. The van der Waals surface area contributed by atoms with E-state index in [9.17, 15) is 0 Å². The molecule has 0 amide bonds. The largest absolute Gasteiger partial charge is 0.315 e. The second kappa shape index (κ2) is 9.12. The third-order valence-corrected chi connectivity index (χ3v) is 5.73. The van der Waals surface area contributed by atoms with E-state index in [2.05, 4.69) is 36.0 Å². The molecule has 2 atom stereocenters. The van der Waals surface area contributed by atoms with Gasteiger partial charge in [-0.3, -0.25) is 4.90 Å². The lowest BCUT2D eigenvalue weighted by atomic mass is 9.94. The molecule has 0 saturated carbocycles. The fraction of sp³-hybridized carbons (Fsp3) is 1.00. The molecule has 2 aliphatic rings. The van der Waals surface area contributed by atoms with E-state index in [4.69, 9.17) is 0 Å². The minimum absolute atomic E-state index is 0.673. The Kier molecular flexibility index (Phi) is 7.48. The van der Waals surface area contributed by atoms with Gasteiger partial charge < -0.3 is 10.2 Å². The van der Waals surface area contributed by atoms with Gasteiger partial charge in [-0.1, -0.05) is 26.7 Å². The molecule has 21 heavy (non-hydrogen) atoms. The molecule has 1 N–H and O–H groups in total. The summed E-state index contributed by atoms with van der Waals surface area (Å²) in [6.45, 7) is 10.00. The van der Waals surface area contributed by atoms with Gasteiger partial charge in [-0.25, -0.2) is 0 Å². The number of likely N-dealkylation sites (tertiary alicyclic amines) is 2. The van der Waals surface area contributed by atoms with Crippen LogP contribution in [0.25, 0.3) is 0 Å². The molecule has 0 aromatic heterocycles. The van der Waals surface area contributed by atoms with Crippen LogP contribution in [0.3, 0.4) is 0 Å². The first-order chi connectivity index (χ1) is 10.3. The van der Waals surface area contributed by atoms with Gasteiger partial charge >= 0.3 is 0 Å². The molecule has 124 valence electrons. The molecule has 2 aliphatic heterocycles. The minimum Gasteiger partial charge on any atom is -0.315 e. The van der Waals surface area contributed by atoms with E-state index in [0.29, 0.717) is 6.04 Å². The third kappa shape index (κ3) is 4.67. The highest BCUT2D eigenvalue weighted by Crippen LogP contribution is 2.24. The summed E-state index contributed by atoms with van der Waals surface area (Å²) in [5.74, 6) is 0. The van der Waals surface area contributed by atoms with Gasteiger partial charge in [0.05, 0.1) is 0 Å². The van der Waals surface area contributed by atoms with E-state index in [1.54, 1.807) is 0 Å². The number of likely N-dealkylation sites (N-methyl/N-ethyl adjacent to an activating group) is 1. The monoisotopic (exact) mass is 295 g/mol. The molecule has 3 heteroatoms. The van der Waals surface area contributed by atoms with E-state index in [1.165, 1.54) is 77.5 Å². The maximum Gasteiger partial charge on any atom is 0.0246 e. The summed E-state index contributed by atoms with van der Waals surface area (Å²) in [5, 5.41) is 3.57. The zero-order valence-corrected chi connectivity index (χ0v) is 14.6. The van der Waals surface area contributed by atoms with Gasteiger partial charge in [0.15, 0.2) is 0 Å². The van der Waals surface area contributed by atoms with E-state index in [1.807, 2.05) is 0 Å². The Morgan fingerprint density at radius 3 is 2.19 bits per heavy atom. The summed E-state index contributed by atoms with van der Waals surface area (Å²) < 4.78 is 0. The van der Waals surface area contributed by atoms with Crippen LogP contribution in [0.15, 0.2) is 0 Å². The van der Waals surface area contributed by atoms with E-state index in [0.717, 1.165) is 12.1 Å². The molecule has 3 nitrogen and oxygen atoms in total. The molecular weight excluding hydrogens is 258 g/mol. The van der Waals surface area contributed by atoms with Crippen molar-refractivity contribution in [2.24, 2.45) is 0 Å². The maximum atomic E-state index is 3.57. The molecule has 0 bridgehead atoms. The lowest BCUT2D eigenvalue weighted by molar-refractivity contribution is 0.0593. The molecule has 0 aromatic rings. The average Bonchev–Trinajstić information content (AvgIpc) is 2.56. The van der Waals surface area contributed by atoms with Crippen LogP contribution in [0.4, 0.5) is 0 Å². The normalized spacial score (nSPS) is 25.9. The average molecular weight is 296 g/mol. The van der Waals surface area contributed by atoms with Crippen LogP contribution < -0.4 is 5.32 Å². The van der Waals surface area contributed by atoms with Crippen LogP contribution >= 0.6 is 0 Å². The second-order valence-electron chi connectivity index (χ2n) is 7.02. The summed E-state index contributed by atoms with van der Waals surface area (Å²) in [7, 11) is 2.14. The lowest BCUT2D eigenvalue weighted by Crippen LogP contribution is -2.54. The number of piperidine rings is 2. The van der Waals surface area contributed by atoms with Gasteiger partial charge in [-0.2, -0.15) is 0 Å². The Labute approximate surface area is 132 Å². The first-order valence-corrected chi connectivity index (χ1v) is 9.45. The Morgan fingerprint density at radius 2 is 1.67 bits per heavy atom. The number of nitrogens with one attached hydrogen (secondary N) is 1. The predicted octanol–water partition coefficient (Wildman–Crippen LogP) is 3.10. The Hall–Kier alpha value is -0.120. The van der Waals surface area contributed by atoms with Crippen molar-refractivity contribution in [2.75, 3.05) is 33.2 Å². The van der Waals surface area contributed by atoms with Crippen molar-refractivity contribution in [3.8, 4) is 0 Å². The molecule has 2 rings (SSSR count). The van der Waals surface area contributed by atoms with Crippen LogP contribution in [-0.4, -0.2) is 61.2 Å². The number of rotatable bonds is 7. The van der Waals surface area contributed by atoms with Crippen molar-refractivity contribution < 1.29 is 0 Å².